The molecule has 110 valence electrons. The number of nitrogens with zero attached hydrogens (tertiary/aromatic N) is 1. The van der Waals surface area contributed by atoms with Crippen molar-refractivity contribution in [3.63, 3.8) is 0 Å². The third kappa shape index (κ3) is 3.66. The number of anilines is 1. The number of hydrogen-bond acceptors (Lipinski definition) is 5. The number of carbonyl (C=O) groups is 1. The Bertz CT molecular complexity index is 647. The number of hydrogen-bond donors (Lipinski definition) is 2. The quantitative estimate of drug-likeness (QED) is 0.656. The summed E-state index contributed by atoms with van der Waals surface area (Å²) in [5, 5.41) is 12.5. The zero-order chi connectivity index (χ0) is 15.2. The van der Waals surface area contributed by atoms with Crippen LogP contribution in [0.5, 0.6) is 11.5 Å². The lowest BCUT2D eigenvalue weighted by Crippen LogP contribution is -2.15. The van der Waals surface area contributed by atoms with Crippen LogP contribution in [0.4, 0.5) is 5.69 Å². The fourth-order valence-corrected chi connectivity index (χ4v) is 2.52. The molecule has 0 saturated carbocycles. The van der Waals surface area contributed by atoms with E-state index >= 15 is 0 Å². The Morgan fingerprint density at radius 1 is 1.43 bits per heavy atom. The number of amides is 1. The average Bonchev–Trinajstić information content (AvgIpc) is 2.50. The third-order valence-corrected chi connectivity index (χ3v) is 3.67. The molecule has 2 rings (SSSR count). The molecule has 1 aromatic carbocycles. The molecular formula is C15H16N2O3S. The minimum absolute atomic E-state index is 0.0234. The lowest BCUT2D eigenvalue weighted by Gasteiger charge is -2.10. The van der Waals surface area contributed by atoms with Crippen LogP contribution in [0.3, 0.4) is 0 Å². The van der Waals surface area contributed by atoms with Crippen molar-refractivity contribution in [2.24, 2.45) is 0 Å². The first-order valence-corrected chi connectivity index (χ1v) is 7.40. The van der Waals surface area contributed by atoms with Crippen molar-refractivity contribution in [1.82, 2.24) is 4.98 Å². The molecule has 0 aliphatic rings. The van der Waals surface area contributed by atoms with E-state index in [1.54, 1.807) is 36.2 Å². The average molecular weight is 304 g/mol. The van der Waals surface area contributed by atoms with Gasteiger partial charge >= 0.3 is 0 Å². The van der Waals surface area contributed by atoms with Gasteiger partial charge in [0, 0.05) is 17.2 Å². The largest absolute Gasteiger partial charge is 0.506 e. The molecule has 0 fully saturated rings. The van der Waals surface area contributed by atoms with Crippen molar-refractivity contribution in [1.29, 1.82) is 0 Å². The molecule has 21 heavy (non-hydrogen) atoms. The van der Waals surface area contributed by atoms with Crippen molar-refractivity contribution < 1.29 is 14.6 Å². The summed E-state index contributed by atoms with van der Waals surface area (Å²) in [5.41, 5.74) is 0.629. The van der Waals surface area contributed by atoms with Crippen LogP contribution in [0.25, 0.3) is 0 Å². The van der Waals surface area contributed by atoms with Crippen LogP contribution in [0.15, 0.2) is 41.4 Å². The SMILES string of the molecule is CCSc1cccnc1C(=O)Nc1cc(OC)ccc1O. The zero-order valence-electron chi connectivity index (χ0n) is 11.8. The predicted molar refractivity (Wildman–Crippen MR) is 83.2 cm³/mol. The summed E-state index contributed by atoms with van der Waals surface area (Å²) >= 11 is 1.54. The second-order valence-corrected chi connectivity index (χ2v) is 5.43. The van der Waals surface area contributed by atoms with Gasteiger partial charge in [0.25, 0.3) is 5.91 Å². The van der Waals surface area contributed by atoms with Crippen LogP contribution in [-0.4, -0.2) is 28.9 Å². The maximum atomic E-state index is 12.3. The fourth-order valence-electron chi connectivity index (χ4n) is 1.76. The van der Waals surface area contributed by atoms with Crippen LogP contribution in [-0.2, 0) is 0 Å². The summed E-state index contributed by atoms with van der Waals surface area (Å²) in [7, 11) is 1.52. The maximum Gasteiger partial charge on any atom is 0.275 e. The molecule has 0 spiro atoms. The van der Waals surface area contributed by atoms with Gasteiger partial charge in [0.1, 0.15) is 17.2 Å². The number of carbonyl (C=O) groups excluding carboxylic acids is 1. The Morgan fingerprint density at radius 3 is 2.95 bits per heavy atom. The standard InChI is InChI=1S/C15H16N2O3S/c1-3-21-13-5-4-8-16-14(13)15(19)17-11-9-10(20-2)6-7-12(11)18/h4-9,18H,3H2,1-2H3,(H,17,19). The molecule has 1 heterocycles. The van der Waals surface area contributed by atoms with E-state index in [0.29, 0.717) is 11.4 Å². The lowest BCUT2D eigenvalue weighted by molar-refractivity contribution is 0.101. The molecule has 2 aromatic rings. The number of ether oxygens (including phenoxy) is 1. The molecule has 0 bridgehead atoms. The Balaban J connectivity index is 2.26. The molecular weight excluding hydrogens is 288 g/mol. The number of phenols is 1. The smallest absolute Gasteiger partial charge is 0.275 e. The van der Waals surface area contributed by atoms with Gasteiger partial charge in [-0.3, -0.25) is 4.79 Å². The number of methoxy groups -OCH3 is 1. The van der Waals surface area contributed by atoms with E-state index in [2.05, 4.69) is 10.3 Å². The molecule has 1 amide bonds. The van der Waals surface area contributed by atoms with Crippen LogP contribution in [0.1, 0.15) is 17.4 Å². The van der Waals surface area contributed by atoms with Gasteiger partial charge in [-0.15, -0.1) is 11.8 Å². The zero-order valence-corrected chi connectivity index (χ0v) is 12.6. The second-order valence-electron chi connectivity index (χ2n) is 4.12. The number of benzene rings is 1. The Morgan fingerprint density at radius 2 is 2.24 bits per heavy atom. The molecule has 0 aliphatic carbocycles. The van der Waals surface area contributed by atoms with E-state index < -0.39 is 0 Å². The first kappa shape index (κ1) is 15.2. The normalized spacial score (nSPS) is 10.2. The summed E-state index contributed by atoms with van der Waals surface area (Å²) in [6.07, 6.45) is 1.57. The number of aromatic nitrogens is 1. The van der Waals surface area contributed by atoms with E-state index in [1.165, 1.54) is 13.2 Å². The van der Waals surface area contributed by atoms with Crippen molar-refractivity contribution >= 4 is 23.4 Å². The molecule has 5 nitrogen and oxygen atoms in total. The van der Waals surface area contributed by atoms with Crippen LogP contribution >= 0.6 is 11.8 Å². The van der Waals surface area contributed by atoms with Crippen LogP contribution in [0.2, 0.25) is 0 Å². The second kappa shape index (κ2) is 6.99. The predicted octanol–water partition coefficient (Wildman–Crippen LogP) is 3.16. The molecule has 6 heteroatoms. The van der Waals surface area contributed by atoms with E-state index in [-0.39, 0.29) is 17.3 Å². The Kier molecular flexibility index (Phi) is 5.05. The number of thioether (sulfide) groups is 1. The molecule has 0 radical (unpaired) electrons. The van der Waals surface area contributed by atoms with E-state index in [0.717, 1.165) is 10.6 Å². The lowest BCUT2D eigenvalue weighted by atomic mass is 10.2. The van der Waals surface area contributed by atoms with Gasteiger partial charge < -0.3 is 15.2 Å². The highest BCUT2D eigenvalue weighted by Crippen LogP contribution is 2.29. The highest BCUT2D eigenvalue weighted by Gasteiger charge is 2.15. The Hall–Kier alpha value is -2.21. The molecule has 0 atom stereocenters. The summed E-state index contributed by atoms with van der Waals surface area (Å²) in [6.45, 7) is 2.01. The number of rotatable bonds is 5. The Labute approximate surface area is 127 Å². The topological polar surface area (TPSA) is 71.5 Å². The maximum absolute atomic E-state index is 12.3. The van der Waals surface area contributed by atoms with Gasteiger partial charge in [-0.25, -0.2) is 4.98 Å². The number of phenolic OH excluding ortho intramolecular Hbond substituents is 1. The summed E-state index contributed by atoms with van der Waals surface area (Å²) in [5.74, 6) is 1.00. The van der Waals surface area contributed by atoms with Gasteiger partial charge in [-0.1, -0.05) is 6.92 Å². The van der Waals surface area contributed by atoms with Gasteiger partial charge in [0.2, 0.25) is 0 Å². The fraction of sp³-hybridized carbons (Fsp3) is 0.200. The minimum Gasteiger partial charge on any atom is -0.506 e. The highest BCUT2D eigenvalue weighted by atomic mass is 32.2. The van der Waals surface area contributed by atoms with Crippen molar-refractivity contribution in [2.45, 2.75) is 11.8 Å². The monoisotopic (exact) mass is 304 g/mol. The van der Waals surface area contributed by atoms with Crippen molar-refractivity contribution in [3.8, 4) is 11.5 Å². The van der Waals surface area contributed by atoms with Crippen LogP contribution < -0.4 is 10.1 Å². The van der Waals surface area contributed by atoms with E-state index in [1.807, 2.05) is 13.0 Å². The summed E-state index contributed by atoms with van der Waals surface area (Å²) < 4.78 is 5.08. The van der Waals surface area contributed by atoms with Gasteiger partial charge in [-0.2, -0.15) is 0 Å². The first-order valence-electron chi connectivity index (χ1n) is 6.42. The summed E-state index contributed by atoms with van der Waals surface area (Å²) in [4.78, 5) is 17.2. The van der Waals surface area contributed by atoms with Gasteiger partial charge in [0.15, 0.2) is 0 Å². The number of aromatic hydroxyl groups is 1. The molecule has 1 aromatic heterocycles. The molecule has 0 aliphatic heterocycles. The van der Waals surface area contributed by atoms with Crippen molar-refractivity contribution in [3.05, 3.63) is 42.2 Å². The summed E-state index contributed by atoms with van der Waals surface area (Å²) in [6, 6.07) is 8.28. The van der Waals surface area contributed by atoms with Crippen LogP contribution in [0, 0.1) is 0 Å². The third-order valence-electron chi connectivity index (χ3n) is 2.74. The molecule has 0 unspecified atom stereocenters. The van der Waals surface area contributed by atoms with E-state index in [9.17, 15) is 9.90 Å². The van der Waals surface area contributed by atoms with Gasteiger partial charge in [-0.05, 0) is 30.0 Å². The highest BCUT2D eigenvalue weighted by molar-refractivity contribution is 7.99. The number of nitrogens with one attached hydrogen (secondary N) is 1. The first-order chi connectivity index (χ1) is 10.2. The van der Waals surface area contributed by atoms with Gasteiger partial charge in [0.05, 0.1) is 12.8 Å². The van der Waals surface area contributed by atoms with Crippen molar-refractivity contribution in [2.75, 3.05) is 18.2 Å². The molecule has 2 N–H and O–H groups in total. The number of pyridine rings is 1. The van der Waals surface area contributed by atoms with E-state index in [4.69, 9.17) is 4.74 Å². The minimum atomic E-state index is -0.366. The molecule has 0 saturated heterocycles.